The summed E-state index contributed by atoms with van der Waals surface area (Å²) in [5, 5.41) is 15.4. The van der Waals surface area contributed by atoms with E-state index in [4.69, 9.17) is 9.84 Å². The van der Waals surface area contributed by atoms with Crippen LogP contribution in [0, 0.1) is 5.92 Å². The van der Waals surface area contributed by atoms with E-state index in [9.17, 15) is 9.59 Å². The first-order valence-electron chi connectivity index (χ1n) is 9.44. The van der Waals surface area contributed by atoms with Gasteiger partial charge in [0.2, 0.25) is 5.91 Å². The number of amides is 1. The molecule has 3 N–H and O–H groups in total. The van der Waals surface area contributed by atoms with Crippen LogP contribution < -0.4 is 15.4 Å². The van der Waals surface area contributed by atoms with Crippen molar-refractivity contribution in [2.24, 2.45) is 5.92 Å². The molecule has 1 fully saturated rings. The molecule has 0 aromatic heterocycles. The van der Waals surface area contributed by atoms with Crippen LogP contribution in [0.3, 0.4) is 0 Å². The summed E-state index contributed by atoms with van der Waals surface area (Å²) >= 11 is 1.71. The van der Waals surface area contributed by atoms with E-state index in [1.54, 1.807) is 23.9 Å². The van der Waals surface area contributed by atoms with Gasteiger partial charge in [-0.2, -0.15) is 0 Å². The number of nitrogens with one attached hydrogen (secondary N) is 2. The van der Waals surface area contributed by atoms with Crippen LogP contribution in [0.2, 0.25) is 0 Å². The number of allylic oxidation sites excluding steroid dienone is 1. The predicted octanol–water partition coefficient (Wildman–Crippen LogP) is 2.86. The van der Waals surface area contributed by atoms with Crippen LogP contribution >= 0.6 is 11.8 Å². The van der Waals surface area contributed by atoms with Crippen molar-refractivity contribution in [2.45, 2.75) is 24.9 Å². The van der Waals surface area contributed by atoms with E-state index >= 15 is 0 Å². The molecule has 2 heterocycles. The second-order valence-corrected chi connectivity index (χ2v) is 8.47. The topological polar surface area (TPSA) is 87.7 Å². The Labute approximate surface area is 173 Å². The standard InChI is InChI=1S/C22H22N2O4S/c1-13-19(15-5-3-2-4-6-15)20-21(27)23-17(24-22(20)29-13)11-14-7-9-16(10-8-14)28-12-18(25)26/h2-10,17,20,22,24H,11-12H2,1H3,(H,23,27)(H,25,26). The third-order valence-electron chi connectivity index (χ3n) is 5.07. The molecule has 0 bridgehead atoms. The molecule has 0 saturated carbocycles. The van der Waals surface area contributed by atoms with Crippen molar-refractivity contribution in [2.75, 3.05) is 6.61 Å². The SMILES string of the molecule is CC1=C(c2ccccc2)C2C(=O)NC(Cc3ccc(OCC(=O)O)cc3)NC2S1. The highest BCUT2D eigenvalue weighted by Gasteiger charge is 2.44. The van der Waals surface area contributed by atoms with Gasteiger partial charge in [-0.05, 0) is 40.7 Å². The Morgan fingerprint density at radius 2 is 1.86 bits per heavy atom. The van der Waals surface area contributed by atoms with E-state index in [2.05, 4.69) is 29.7 Å². The molecule has 2 aliphatic heterocycles. The molecule has 2 aromatic carbocycles. The fourth-order valence-electron chi connectivity index (χ4n) is 3.81. The number of ether oxygens (including phenoxy) is 1. The van der Waals surface area contributed by atoms with Crippen LogP contribution in [-0.2, 0) is 16.0 Å². The summed E-state index contributed by atoms with van der Waals surface area (Å²) < 4.78 is 5.16. The smallest absolute Gasteiger partial charge is 0.341 e. The number of aliphatic carboxylic acids is 1. The maximum atomic E-state index is 12.9. The van der Waals surface area contributed by atoms with Gasteiger partial charge in [0.05, 0.1) is 17.5 Å². The molecular weight excluding hydrogens is 388 g/mol. The molecule has 2 aromatic rings. The Balaban J connectivity index is 1.42. The van der Waals surface area contributed by atoms with E-state index < -0.39 is 5.97 Å². The normalized spacial score (nSPS) is 23.5. The first-order chi connectivity index (χ1) is 14.0. The van der Waals surface area contributed by atoms with Crippen LogP contribution in [0.1, 0.15) is 18.1 Å². The molecule has 150 valence electrons. The summed E-state index contributed by atoms with van der Waals surface area (Å²) in [5.41, 5.74) is 3.22. The molecule has 0 spiro atoms. The van der Waals surface area contributed by atoms with Crippen molar-refractivity contribution in [3.05, 3.63) is 70.6 Å². The molecule has 1 saturated heterocycles. The van der Waals surface area contributed by atoms with Crippen LogP contribution in [0.15, 0.2) is 59.5 Å². The first-order valence-corrected chi connectivity index (χ1v) is 10.3. The van der Waals surface area contributed by atoms with E-state index in [1.165, 1.54) is 4.91 Å². The minimum Gasteiger partial charge on any atom is -0.482 e. The lowest BCUT2D eigenvalue weighted by Crippen LogP contribution is -2.60. The number of hydrogen-bond donors (Lipinski definition) is 3. The molecule has 29 heavy (non-hydrogen) atoms. The van der Waals surface area contributed by atoms with Gasteiger partial charge in [-0.1, -0.05) is 42.5 Å². The zero-order valence-electron chi connectivity index (χ0n) is 15.9. The zero-order chi connectivity index (χ0) is 20.4. The minimum absolute atomic E-state index is 0.0159. The molecule has 0 radical (unpaired) electrons. The second kappa shape index (κ2) is 8.31. The van der Waals surface area contributed by atoms with Crippen LogP contribution in [0.4, 0.5) is 0 Å². The lowest BCUT2D eigenvalue weighted by molar-refractivity contribution is -0.139. The van der Waals surface area contributed by atoms with Crippen LogP contribution in [0.5, 0.6) is 5.75 Å². The average molecular weight is 410 g/mol. The summed E-state index contributed by atoms with van der Waals surface area (Å²) in [5.74, 6) is -0.657. The predicted molar refractivity (Wildman–Crippen MR) is 112 cm³/mol. The van der Waals surface area contributed by atoms with Gasteiger partial charge in [-0.3, -0.25) is 10.1 Å². The number of carboxylic acid groups (broad SMARTS) is 1. The van der Waals surface area contributed by atoms with Gasteiger partial charge in [0.1, 0.15) is 5.75 Å². The number of benzene rings is 2. The molecule has 3 unspecified atom stereocenters. The molecular formula is C22H22N2O4S. The van der Waals surface area contributed by atoms with E-state index in [0.29, 0.717) is 12.2 Å². The number of thioether (sulfide) groups is 1. The Bertz CT molecular complexity index is 943. The highest BCUT2D eigenvalue weighted by atomic mass is 32.2. The van der Waals surface area contributed by atoms with Gasteiger partial charge >= 0.3 is 5.97 Å². The van der Waals surface area contributed by atoms with Gasteiger partial charge in [-0.25, -0.2) is 4.79 Å². The average Bonchev–Trinajstić information content (AvgIpc) is 3.04. The third kappa shape index (κ3) is 4.31. The number of carbonyl (C=O) groups is 2. The molecule has 3 atom stereocenters. The maximum Gasteiger partial charge on any atom is 0.341 e. The highest BCUT2D eigenvalue weighted by Crippen LogP contribution is 2.47. The Kier molecular flexibility index (Phi) is 5.60. The summed E-state index contributed by atoms with van der Waals surface area (Å²) in [6.07, 6.45) is 0.471. The van der Waals surface area contributed by atoms with Crippen molar-refractivity contribution in [3.8, 4) is 5.75 Å². The van der Waals surface area contributed by atoms with E-state index in [0.717, 1.165) is 16.7 Å². The second-order valence-electron chi connectivity index (χ2n) is 7.11. The van der Waals surface area contributed by atoms with Crippen molar-refractivity contribution in [1.29, 1.82) is 0 Å². The number of carboxylic acids is 1. The molecule has 6 nitrogen and oxygen atoms in total. The first kappa shape index (κ1) is 19.5. The van der Waals surface area contributed by atoms with E-state index in [-0.39, 0.29) is 30.0 Å². The van der Waals surface area contributed by atoms with Gasteiger partial charge in [0.15, 0.2) is 6.61 Å². The van der Waals surface area contributed by atoms with Gasteiger partial charge in [0.25, 0.3) is 0 Å². The van der Waals surface area contributed by atoms with Crippen molar-refractivity contribution in [1.82, 2.24) is 10.6 Å². The lowest BCUT2D eigenvalue weighted by Gasteiger charge is -2.34. The number of fused-ring (bicyclic) bond motifs is 1. The molecule has 1 amide bonds. The zero-order valence-corrected chi connectivity index (χ0v) is 16.7. The number of hydrogen-bond acceptors (Lipinski definition) is 5. The fraction of sp³-hybridized carbons (Fsp3) is 0.273. The number of carbonyl (C=O) groups excluding carboxylic acids is 1. The highest BCUT2D eigenvalue weighted by molar-refractivity contribution is 8.04. The van der Waals surface area contributed by atoms with Crippen molar-refractivity contribution < 1.29 is 19.4 Å². The van der Waals surface area contributed by atoms with Gasteiger partial charge in [0, 0.05) is 6.42 Å². The minimum atomic E-state index is -1.01. The number of rotatable bonds is 6. The van der Waals surface area contributed by atoms with Crippen molar-refractivity contribution >= 4 is 29.2 Å². The van der Waals surface area contributed by atoms with Crippen LogP contribution in [0.25, 0.3) is 5.57 Å². The van der Waals surface area contributed by atoms with Crippen molar-refractivity contribution in [3.63, 3.8) is 0 Å². The summed E-state index contributed by atoms with van der Waals surface area (Å²) in [6.45, 7) is 1.71. The van der Waals surface area contributed by atoms with Gasteiger partial charge < -0.3 is 15.2 Å². The summed E-state index contributed by atoms with van der Waals surface area (Å²) in [4.78, 5) is 24.7. The Hall–Kier alpha value is -2.77. The molecule has 7 heteroatoms. The van der Waals surface area contributed by atoms with Gasteiger partial charge in [-0.15, -0.1) is 11.8 Å². The maximum absolute atomic E-state index is 12.9. The molecule has 0 aliphatic carbocycles. The lowest BCUT2D eigenvalue weighted by atomic mass is 9.89. The quantitative estimate of drug-likeness (QED) is 0.679. The van der Waals surface area contributed by atoms with Crippen LogP contribution in [-0.4, -0.2) is 35.1 Å². The monoisotopic (exact) mass is 410 g/mol. The molecule has 4 rings (SSSR count). The largest absolute Gasteiger partial charge is 0.482 e. The Morgan fingerprint density at radius 3 is 2.55 bits per heavy atom. The third-order valence-corrected chi connectivity index (χ3v) is 6.31. The van der Waals surface area contributed by atoms with E-state index in [1.807, 2.05) is 30.3 Å². The summed E-state index contributed by atoms with van der Waals surface area (Å²) in [7, 11) is 0. The molecule has 2 aliphatic rings. The Morgan fingerprint density at radius 1 is 1.14 bits per heavy atom. The fourth-order valence-corrected chi connectivity index (χ4v) is 5.19. The summed E-state index contributed by atoms with van der Waals surface area (Å²) in [6, 6.07) is 17.3.